The number of carboxylic acids is 1. The van der Waals surface area contributed by atoms with E-state index in [0.717, 1.165) is 11.3 Å². The molecule has 0 atom stereocenters. The topological polar surface area (TPSA) is 319 Å². The molecule has 6 rings (SSSR count). The molecule has 0 heterocycles. The zero-order valence-corrected chi connectivity index (χ0v) is 56.7. The van der Waals surface area contributed by atoms with Gasteiger partial charge in [0.2, 0.25) is 0 Å². The molecule has 0 radical (unpaired) electrons. The van der Waals surface area contributed by atoms with Crippen molar-refractivity contribution in [1.82, 2.24) is 0 Å². The lowest BCUT2D eigenvalue weighted by atomic mass is 10.1. The van der Waals surface area contributed by atoms with Gasteiger partial charge < -0.3 is 76.5 Å². The number of benzene rings is 6. The van der Waals surface area contributed by atoms with Crippen molar-refractivity contribution in [2.45, 2.75) is 24.8 Å². The standard InChI is InChI=1S/C10H10ClNO2.2C10H11ClO4.C10H12O4.C9H10BrClO2.C9H11ClO3.H2O4S/c1-13-8-5-7(3-4-12)10(11)9(6-8)14-2;1-13-6-4-7(10(12)15-3)9(11)8(5-6)14-2;1-14-7-3-6(4-9(12)13)10(11)8(5-7)15-2;1-12-8-4-7(10(11)14-3)5-9(6-8)13-2;1-12-7-3-6(5-10)9(11)8(4-7)13-2;1-12-7-3-6(5-11)9(10)8(4-7)13-2;1-5(2,3)4/h5-6H,3H2,1-2H3;4-5H,1-3H3;3,5H,4H2,1-2H3,(H,12,13);4-6H,1-3H3;3-4H,5H2,1-2H3;3-4,11H,5H2,1-2H3;(H2,1,2,3,4). The maximum Gasteiger partial charge on any atom is 0.394 e. The minimum absolute atomic E-state index is 0.133. The third-order valence-electron chi connectivity index (χ3n) is 10.7. The van der Waals surface area contributed by atoms with Gasteiger partial charge in [0.05, 0.1) is 161 Å². The number of aliphatic hydroxyl groups is 1. The summed E-state index contributed by atoms with van der Waals surface area (Å²) in [7, 11) is 16.2. The predicted molar refractivity (Wildman–Crippen MR) is 338 cm³/mol. The van der Waals surface area contributed by atoms with E-state index in [4.69, 9.17) is 148 Å². The van der Waals surface area contributed by atoms with Gasteiger partial charge in [0.15, 0.2) is 0 Å². The number of hydrogen-bond acceptors (Lipinski definition) is 21. The highest BCUT2D eigenvalue weighted by Crippen LogP contribution is 2.37. The molecule has 31 heteroatoms. The molecule has 0 amide bonds. The Hall–Kier alpha value is -7.42. The Kier molecular flexibility index (Phi) is 39.7. The molecular formula is C58H67BrCl5NO23S. The Morgan fingerprint density at radius 2 is 0.730 bits per heavy atom. The monoisotopic (exact) mass is 1430 g/mol. The van der Waals surface area contributed by atoms with E-state index in [9.17, 15) is 14.4 Å². The number of hydrogen-bond donors (Lipinski definition) is 4. The Balaban J connectivity index is 0.00000103. The fraction of sp³-hybridized carbons (Fsp3) is 0.310. The number of aliphatic hydroxyl groups excluding tert-OH is 1. The van der Waals surface area contributed by atoms with Crippen molar-refractivity contribution in [1.29, 1.82) is 5.26 Å². The van der Waals surface area contributed by atoms with Crippen LogP contribution in [0.3, 0.4) is 0 Å². The number of halogens is 6. The molecule has 6 aromatic carbocycles. The number of alkyl halides is 1. The number of rotatable bonds is 19. The normalized spacial score (nSPS) is 9.73. The Bertz CT molecular complexity index is 3250. The summed E-state index contributed by atoms with van der Waals surface area (Å²) >= 11 is 33.1. The van der Waals surface area contributed by atoms with E-state index in [1.807, 2.05) is 12.1 Å². The third kappa shape index (κ3) is 28.7. The van der Waals surface area contributed by atoms with Gasteiger partial charge in [-0.3, -0.25) is 13.9 Å². The minimum atomic E-state index is -4.67. The second-order valence-electron chi connectivity index (χ2n) is 16.1. The number of nitriles is 1. The van der Waals surface area contributed by atoms with Crippen LogP contribution in [0.2, 0.25) is 25.1 Å². The van der Waals surface area contributed by atoms with Crippen LogP contribution in [0.1, 0.15) is 43.0 Å². The van der Waals surface area contributed by atoms with Crippen molar-refractivity contribution < 1.29 is 108 Å². The van der Waals surface area contributed by atoms with Crippen LogP contribution in [-0.4, -0.2) is 145 Å². The van der Waals surface area contributed by atoms with Crippen molar-refractivity contribution in [2.24, 2.45) is 0 Å². The zero-order chi connectivity index (χ0) is 68.1. The summed E-state index contributed by atoms with van der Waals surface area (Å²) in [5, 5.41) is 28.9. The predicted octanol–water partition coefficient (Wildman–Crippen LogP) is 12.5. The molecule has 0 aromatic heterocycles. The van der Waals surface area contributed by atoms with E-state index in [-0.39, 0.29) is 30.0 Å². The van der Waals surface area contributed by atoms with Crippen LogP contribution in [0, 0.1) is 11.3 Å². The summed E-state index contributed by atoms with van der Waals surface area (Å²) in [5.74, 6) is 4.67. The van der Waals surface area contributed by atoms with Gasteiger partial charge in [0.1, 0.15) is 69.0 Å². The Labute approximate surface area is 549 Å². The van der Waals surface area contributed by atoms with Crippen molar-refractivity contribution in [3.63, 3.8) is 0 Å². The van der Waals surface area contributed by atoms with Crippen molar-refractivity contribution in [3.05, 3.63) is 137 Å². The minimum Gasteiger partial charge on any atom is -0.497 e. The van der Waals surface area contributed by atoms with Crippen LogP contribution in [0.5, 0.6) is 69.0 Å². The number of carbonyl (C=O) groups excluding carboxylic acids is 2. The molecule has 4 N–H and O–H groups in total. The van der Waals surface area contributed by atoms with E-state index in [1.165, 1.54) is 77.2 Å². The van der Waals surface area contributed by atoms with E-state index in [0.29, 0.717) is 111 Å². The number of esters is 2. The van der Waals surface area contributed by atoms with Gasteiger partial charge in [-0.1, -0.05) is 73.9 Å². The highest BCUT2D eigenvalue weighted by atomic mass is 79.9. The van der Waals surface area contributed by atoms with Gasteiger partial charge in [-0.2, -0.15) is 13.7 Å². The summed E-state index contributed by atoms with van der Waals surface area (Å²) in [6, 6.07) is 23.6. The first-order valence-electron chi connectivity index (χ1n) is 24.5. The summed E-state index contributed by atoms with van der Waals surface area (Å²) in [5.41, 5.74) is 3.36. The third-order valence-corrected chi connectivity index (χ3v) is 13.5. The molecule has 0 unspecified atom stereocenters. The number of carboxylic acid groups (broad SMARTS) is 1. The molecule has 490 valence electrons. The average molecular weight is 1440 g/mol. The zero-order valence-electron chi connectivity index (χ0n) is 50.5. The summed E-state index contributed by atoms with van der Waals surface area (Å²) in [4.78, 5) is 33.1. The van der Waals surface area contributed by atoms with E-state index < -0.39 is 28.3 Å². The molecule has 24 nitrogen and oxygen atoms in total. The molecule has 0 aliphatic carbocycles. The fourth-order valence-corrected chi connectivity index (χ4v) is 8.31. The fourth-order valence-electron chi connectivity index (χ4n) is 6.43. The highest BCUT2D eigenvalue weighted by Gasteiger charge is 2.18. The largest absolute Gasteiger partial charge is 0.497 e. The first-order chi connectivity index (χ1) is 42.1. The van der Waals surface area contributed by atoms with E-state index >= 15 is 0 Å². The lowest BCUT2D eigenvalue weighted by molar-refractivity contribution is -0.136. The molecule has 0 spiro atoms. The molecule has 0 bridgehead atoms. The SMILES string of the molecule is COC(=O)c1cc(OC)cc(OC)c1.COC(=O)c1cc(OC)cc(OC)c1Cl.COc1cc(CBr)c(Cl)c(OC)c1.COc1cc(CC#N)c(Cl)c(OC)c1.COc1cc(CC(=O)O)c(Cl)c(OC)c1.COc1cc(CO)c(Cl)c(OC)c1.O=S(=O)(O)O. The molecule has 0 aliphatic heterocycles. The van der Waals surface area contributed by atoms with Gasteiger partial charge in [0, 0.05) is 47.3 Å². The first-order valence-corrected chi connectivity index (χ1v) is 28.9. The molecule has 0 saturated heterocycles. The second-order valence-corrected chi connectivity index (χ2v) is 19.5. The Morgan fingerprint density at radius 3 is 1.04 bits per heavy atom. The quantitative estimate of drug-likeness (QED) is 0.0332. The number of methoxy groups -OCH3 is 14. The van der Waals surface area contributed by atoms with Crippen molar-refractivity contribution in [2.75, 3.05) is 99.5 Å². The summed E-state index contributed by atoms with van der Waals surface area (Å²) in [6.45, 7) is -0.133. The molecule has 0 aliphatic rings. The van der Waals surface area contributed by atoms with E-state index in [2.05, 4.69) is 25.4 Å². The number of carbonyl (C=O) groups is 3. The first kappa shape index (κ1) is 81.6. The highest BCUT2D eigenvalue weighted by molar-refractivity contribution is 9.08. The lowest BCUT2D eigenvalue weighted by Gasteiger charge is -2.10. The molecule has 0 fully saturated rings. The van der Waals surface area contributed by atoms with E-state index in [1.54, 1.807) is 95.2 Å². The van der Waals surface area contributed by atoms with Crippen LogP contribution in [-0.2, 0) is 49.4 Å². The van der Waals surface area contributed by atoms with Crippen LogP contribution >= 0.6 is 73.9 Å². The van der Waals surface area contributed by atoms with Crippen LogP contribution < -0.4 is 56.8 Å². The number of ether oxygens (including phenoxy) is 14. The van der Waals surface area contributed by atoms with Gasteiger partial charge in [-0.15, -0.1) is 0 Å². The molecule has 6 aromatic rings. The van der Waals surface area contributed by atoms with Gasteiger partial charge >= 0.3 is 28.3 Å². The van der Waals surface area contributed by atoms with Crippen LogP contribution in [0.15, 0.2) is 78.9 Å². The molecule has 0 saturated carbocycles. The maximum absolute atomic E-state index is 11.4. The van der Waals surface area contributed by atoms with Crippen molar-refractivity contribution >= 4 is 102 Å². The second kappa shape index (κ2) is 43.3. The smallest absolute Gasteiger partial charge is 0.394 e. The summed E-state index contributed by atoms with van der Waals surface area (Å²) in [6.07, 6.45) is 0.0821. The molecular weight excluding hydrogens is 1370 g/mol. The van der Waals surface area contributed by atoms with Gasteiger partial charge in [0.25, 0.3) is 0 Å². The van der Waals surface area contributed by atoms with Gasteiger partial charge in [-0.25, -0.2) is 9.59 Å². The van der Waals surface area contributed by atoms with Crippen molar-refractivity contribution in [3.8, 4) is 75.1 Å². The van der Waals surface area contributed by atoms with Gasteiger partial charge in [-0.05, 0) is 59.2 Å². The summed E-state index contributed by atoms with van der Waals surface area (Å²) < 4.78 is 101. The lowest BCUT2D eigenvalue weighted by Crippen LogP contribution is -2.03. The Morgan fingerprint density at radius 1 is 0.438 bits per heavy atom. The van der Waals surface area contributed by atoms with Crippen LogP contribution in [0.25, 0.3) is 0 Å². The molecule has 89 heavy (non-hydrogen) atoms. The maximum atomic E-state index is 11.4. The van der Waals surface area contributed by atoms with Crippen LogP contribution in [0.4, 0.5) is 0 Å². The average Bonchev–Trinajstić information content (AvgIpc) is 2.04. The number of aliphatic carboxylic acids is 1. The number of nitrogens with zero attached hydrogens (tertiary/aromatic N) is 1.